The summed E-state index contributed by atoms with van der Waals surface area (Å²) in [5.74, 6) is 0.305. The number of nitrogens with zero attached hydrogens (tertiary/aromatic N) is 1. The second kappa shape index (κ2) is 5.57. The molecule has 0 aliphatic carbocycles. The summed E-state index contributed by atoms with van der Waals surface area (Å²) < 4.78 is 0. The van der Waals surface area contributed by atoms with Crippen molar-refractivity contribution in [1.82, 2.24) is 4.90 Å². The van der Waals surface area contributed by atoms with Gasteiger partial charge in [0.1, 0.15) is 0 Å². The predicted octanol–water partition coefficient (Wildman–Crippen LogP) is 2.83. The van der Waals surface area contributed by atoms with E-state index in [1.165, 1.54) is 0 Å². The highest BCUT2D eigenvalue weighted by Gasteiger charge is 2.31. The summed E-state index contributed by atoms with van der Waals surface area (Å²) in [6.07, 6.45) is 0.548. The van der Waals surface area contributed by atoms with Crippen molar-refractivity contribution >= 4 is 5.91 Å². The van der Waals surface area contributed by atoms with Crippen molar-refractivity contribution in [2.24, 2.45) is 5.92 Å². The standard InChI is InChI=1S/C17H25NO2/c1-12(19)13-9-10-18(11-13)16(20)14-7-5-6-8-15(14)17(2,3)4/h5-8,12-13,19H,9-11H2,1-4H3. The molecule has 0 spiro atoms. The van der Waals surface area contributed by atoms with Gasteiger partial charge in [0, 0.05) is 24.6 Å². The summed E-state index contributed by atoms with van der Waals surface area (Å²) in [5.41, 5.74) is 1.84. The molecule has 2 unspecified atom stereocenters. The summed E-state index contributed by atoms with van der Waals surface area (Å²) in [7, 11) is 0. The van der Waals surface area contributed by atoms with Gasteiger partial charge in [-0.15, -0.1) is 0 Å². The van der Waals surface area contributed by atoms with Gasteiger partial charge in [0.25, 0.3) is 5.91 Å². The lowest BCUT2D eigenvalue weighted by Gasteiger charge is -2.25. The minimum atomic E-state index is -0.342. The molecule has 1 amide bonds. The molecule has 1 fully saturated rings. The van der Waals surface area contributed by atoms with E-state index in [2.05, 4.69) is 20.8 Å². The van der Waals surface area contributed by atoms with Gasteiger partial charge in [-0.05, 0) is 30.4 Å². The van der Waals surface area contributed by atoms with Crippen LogP contribution in [0, 0.1) is 5.92 Å². The first-order chi connectivity index (χ1) is 9.30. The lowest BCUT2D eigenvalue weighted by atomic mass is 9.83. The van der Waals surface area contributed by atoms with Gasteiger partial charge in [-0.25, -0.2) is 0 Å². The van der Waals surface area contributed by atoms with Crippen LogP contribution in [0.2, 0.25) is 0 Å². The fourth-order valence-electron chi connectivity index (χ4n) is 2.86. The van der Waals surface area contributed by atoms with E-state index in [9.17, 15) is 9.90 Å². The fourth-order valence-corrected chi connectivity index (χ4v) is 2.86. The first kappa shape index (κ1) is 15.0. The van der Waals surface area contributed by atoms with E-state index in [1.54, 1.807) is 0 Å². The van der Waals surface area contributed by atoms with Crippen LogP contribution in [0.3, 0.4) is 0 Å². The van der Waals surface area contributed by atoms with Gasteiger partial charge < -0.3 is 10.0 Å². The molecule has 3 nitrogen and oxygen atoms in total. The van der Waals surface area contributed by atoms with Crippen molar-refractivity contribution in [2.75, 3.05) is 13.1 Å². The van der Waals surface area contributed by atoms with E-state index >= 15 is 0 Å². The van der Waals surface area contributed by atoms with Crippen LogP contribution in [-0.2, 0) is 5.41 Å². The number of hydrogen-bond acceptors (Lipinski definition) is 2. The maximum Gasteiger partial charge on any atom is 0.254 e. The van der Waals surface area contributed by atoms with Gasteiger partial charge in [0.2, 0.25) is 0 Å². The molecule has 1 aliphatic rings. The maximum atomic E-state index is 12.7. The first-order valence-electron chi connectivity index (χ1n) is 7.37. The molecule has 1 aromatic rings. The predicted molar refractivity (Wildman–Crippen MR) is 80.8 cm³/mol. The molecule has 1 heterocycles. The molecule has 1 N–H and O–H groups in total. The molecule has 1 aliphatic heterocycles. The van der Waals surface area contributed by atoms with Gasteiger partial charge in [0.15, 0.2) is 0 Å². The molecule has 0 bridgehead atoms. The SMILES string of the molecule is CC(O)C1CCN(C(=O)c2ccccc2C(C)(C)C)C1. The van der Waals surface area contributed by atoms with Crippen molar-refractivity contribution in [1.29, 1.82) is 0 Å². The van der Waals surface area contributed by atoms with Crippen molar-refractivity contribution in [2.45, 2.75) is 45.6 Å². The normalized spacial score (nSPS) is 21.1. The zero-order valence-electron chi connectivity index (χ0n) is 12.9. The second-order valence-corrected chi connectivity index (χ2v) is 6.84. The molecular formula is C17H25NO2. The monoisotopic (exact) mass is 275 g/mol. The van der Waals surface area contributed by atoms with Crippen LogP contribution in [0.15, 0.2) is 24.3 Å². The van der Waals surface area contributed by atoms with E-state index in [1.807, 2.05) is 36.1 Å². The van der Waals surface area contributed by atoms with E-state index in [4.69, 9.17) is 0 Å². The highest BCUT2D eigenvalue weighted by Crippen LogP contribution is 2.28. The summed E-state index contributed by atoms with van der Waals surface area (Å²) in [4.78, 5) is 14.6. The van der Waals surface area contributed by atoms with Crippen molar-refractivity contribution < 1.29 is 9.90 Å². The number of amides is 1. The minimum absolute atomic E-state index is 0.0460. The average molecular weight is 275 g/mol. The van der Waals surface area contributed by atoms with E-state index in [0.29, 0.717) is 6.54 Å². The minimum Gasteiger partial charge on any atom is -0.393 e. The Bertz CT molecular complexity index is 488. The Morgan fingerprint density at radius 2 is 2.00 bits per heavy atom. The third kappa shape index (κ3) is 3.04. The fraction of sp³-hybridized carbons (Fsp3) is 0.588. The number of hydrogen-bond donors (Lipinski definition) is 1. The van der Waals surface area contributed by atoms with Crippen molar-refractivity contribution in [3.8, 4) is 0 Å². The molecule has 0 radical (unpaired) electrons. The number of carbonyl (C=O) groups is 1. The Morgan fingerprint density at radius 1 is 1.35 bits per heavy atom. The molecule has 0 saturated carbocycles. The quantitative estimate of drug-likeness (QED) is 0.901. The summed E-state index contributed by atoms with van der Waals surface area (Å²) in [6, 6.07) is 7.86. The number of aliphatic hydroxyl groups excluding tert-OH is 1. The number of benzene rings is 1. The lowest BCUT2D eigenvalue weighted by molar-refractivity contribution is 0.0760. The van der Waals surface area contributed by atoms with Crippen LogP contribution in [0.1, 0.15) is 50.0 Å². The number of aliphatic hydroxyl groups is 1. The van der Waals surface area contributed by atoms with Crippen LogP contribution < -0.4 is 0 Å². The summed E-state index contributed by atoms with van der Waals surface area (Å²) in [5, 5.41) is 9.67. The molecule has 20 heavy (non-hydrogen) atoms. The second-order valence-electron chi connectivity index (χ2n) is 6.84. The van der Waals surface area contributed by atoms with Crippen LogP contribution >= 0.6 is 0 Å². The summed E-state index contributed by atoms with van der Waals surface area (Å²) in [6.45, 7) is 9.59. The highest BCUT2D eigenvalue weighted by atomic mass is 16.3. The Balaban J connectivity index is 2.23. The number of carbonyl (C=O) groups excluding carboxylic acids is 1. The Labute approximate surface area is 121 Å². The Morgan fingerprint density at radius 3 is 2.55 bits per heavy atom. The first-order valence-corrected chi connectivity index (χ1v) is 7.37. The third-order valence-corrected chi connectivity index (χ3v) is 4.16. The third-order valence-electron chi connectivity index (χ3n) is 4.16. The summed E-state index contributed by atoms with van der Waals surface area (Å²) >= 11 is 0. The lowest BCUT2D eigenvalue weighted by Crippen LogP contribution is -2.32. The zero-order valence-corrected chi connectivity index (χ0v) is 12.9. The maximum absolute atomic E-state index is 12.7. The number of rotatable bonds is 2. The highest BCUT2D eigenvalue weighted by molar-refractivity contribution is 5.96. The Kier molecular flexibility index (Phi) is 4.19. The smallest absolute Gasteiger partial charge is 0.254 e. The van der Waals surface area contributed by atoms with E-state index in [-0.39, 0.29) is 23.3 Å². The molecule has 1 aromatic carbocycles. The van der Waals surface area contributed by atoms with Crippen molar-refractivity contribution in [3.05, 3.63) is 35.4 Å². The molecule has 3 heteroatoms. The number of likely N-dealkylation sites (tertiary alicyclic amines) is 1. The molecule has 0 aromatic heterocycles. The van der Waals surface area contributed by atoms with Crippen LogP contribution in [-0.4, -0.2) is 35.1 Å². The van der Waals surface area contributed by atoms with Gasteiger partial charge in [-0.2, -0.15) is 0 Å². The van der Waals surface area contributed by atoms with Crippen LogP contribution in [0.4, 0.5) is 0 Å². The molecule has 1 saturated heterocycles. The van der Waals surface area contributed by atoms with Crippen molar-refractivity contribution in [3.63, 3.8) is 0 Å². The van der Waals surface area contributed by atoms with E-state index in [0.717, 1.165) is 24.1 Å². The van der Waals surface area contributed by atoms with Crippen LogP contribution in [0.5, 0.6) is 0 Å². The van der Waals surface area contributed by atoms with Gasteiger partial charge in [-0.1, -0.05) is 39.0 Å². The van der Waals surface area contributed by atoms with Crippen LogP contribution in [0.25, 0.3) is 0 Å². The molecule has 110 valence electrons. The largest absolute Gasteiger partial charge is 0.393 e. The molecular weight excluding hydrogens is 250 g/mol. The van der Waals surface area contributed by atoms with Gasteiger partial charge in [0.05, 0.1) is 6.10 Å². The van der Waals surface area contributed by atoms with Gasteiger partial charge in [-0.3, -0.25) is 4.79 Å². The molecule has 2 atom stereocenters. The zero-order chi connectivity index (χ0) is 14.9. The Hall–Kier alpha value is -1.35. The average Bonchev–Trinajstić information content (AvgIpc) is 2.86. The topological polar surface area (TPSA) is 40.5 Å². The van der Waals surface area contributed by atoms with E-state index < -0.39 is 0 Å². The van der Waals surface area contributed by atoms with Gasteiger partial charge >= 0.3 is 0 Å². The molecule has 2 rings (SSSR count).